The fraction of sp³-hybridized carbons (Fsp3) is 0.765. The van der Waals surface area contributed by atoms with Gasteiger partial charge in [-0.05, 0) is 24.2 Å². The summed E-state index contributed by atoms with van der Waals surface area (Å²) in [6.07, 6.45) is 3.24. The zero-order chi connectivity index (χ0) is 16.6. The smallest absolute Gasteiger partial charge is 0.334 e. The third-order valence-corrected chi connectivity index (χ3v) is 3.44. The van der Waals surface area contributed by atoms with Crippen LogP contribution in [0.25, 0.3) is 0 Å². The molecule has 0 aromatic rings. The number of carbonyl (C=O) groups excluding carboxylic acids is 1. The Kier molecular flexibility index (Phi) is 8.98. The van der Waals surface area contributed by atoms with E-state index in [-0.39, 0.29) is 17.4 Å². The highest BCUT2D eigenvalue weighted by atomic mass is 16.5. The van der Waals surface area contributed by atoms with Crippen molar-refractivity contribution in [3.8, 4) is 0 Å². The Hall–Kier alpha value is -1.32. The monoisotopic (exact) mass is 298 g/mol. The van der Waals surface area contributed by atoms with Gasteiger partial charge in [0.1, 0.15) is 0 Å². The lowest BCUT2D eigenvalue weighted by Gasteiger charge is -2.18. The fourth-order valence-corrected chi connectivity index (χ4v) is 2.26. The molecule has 0 rings (SSSR count). The van der Waals surface area contributed by atoms with Crippen molar-refractivity contribution < 1.29 is 19.4 Å². The summed E-state index contributed by atoms with van der Waals surface area (Å²) >= 11 is 0. The number of aliphatic carboxylic acids is 1. The fourth-order valence-electron chi connectivity index (χ4n) is 2.26. The first-order valence-corrected chi connectivity index (χ1v) is 7.86. The quantitative estimate of drug-likeness (QED) is 0.515. The lowest BCUT2D eigenvalue weighted by Crippen LogP contribution is -2.22. The molecule has 0 saturated heterocycles. The van der Waals surface area contributed by atoms with E-state index in [1.165, 1.54) is 0 Å². The molecule has 0 aliphatic heterocycles. The first-order valence-electron chi connectivity index (χ1n) is 7.86. The van der Waals surface area contributed by atoms with Gasteiger partial charge in [0.15, 0.2) is 0 Å². The second kappa shape index (κ2) is 9.59. The highest BCUT2D eigenvalue weighted by Crippen LogP contribution is 2.23. The van der Waals surface area contributed by atoms with Crippen molar-refractivity contribution in [1.82, 2.24) is 0 Å². The van der Waals surface area contributed by atoms with Gasteiger partial charge in [0.2, 0.25) is 0 Å². The minimum atomic E-state index is -1.04. The second-order valence-electron chi connectivity index (χ2n) is 6.29. The lowest BCUT2D eigenvalue weighted by molar-refractivity contribution is -0.142. The van der Waals surface area contributed by atoms with Gasteiger partial charge in [-0.15, -0.1) is 0 Å². The Morgan fingerprint density at radius 2 is 1.52 bits per heavy atom. The summed E-state index contributed by atoms with van der Waals surface area (Å²) in [7, 11) is 0. The molecule has 4 heteroatoms. The van der Waals surface area contributed by atoms with E-state index in [1.54, 1.807) is 13.8 Å². The van der Waals surface area contributed by atoms with Crippen LogP contribution in [-0.4, -0.2) is 23.7 Å². The zero-order valence-electron chi connectivity index (χ0n) is 14.2. The summed E-state index contributed by atoms with van der Waals surface area (Å²) in [5.74, 6) is -1.61. The van der Waals surface area contributed by atoms with Crippen LogP contribution in [0.5, 0.6) is 0 Å². The number of hydrogen-bond donors (Lipinski definition) is 1. The Bertz CT molecular complexity index is 380. The molecule has 0 aliphatic carbocycles. The molecule has 1 unspecified atom stereocenters. The van der Waals surface area contributed by atoms with Crippen molar-refractivity contribution in [2.24, 2.45) is 17.8 Å². The van der Waals surface area contributed by atoms with Crippen molar-refractivity contribution in [3.05, 3.63) is 11.1 Å². The van der Waals surface area contributed by atoms with Crippen LogP contribution in [0, 0.1) is 17.8 Å². The van der Waals surface area contributed by atoms with Crippen molar-refractivity contribution >= 4 is 11.9 Å². The molecule has 0 heterocycles. The van der Waals surface area contributed by atoms with Gasteiger partial charge in [-0.2, -0.15) is 0 Å². The number of unbranched alkanes of at least 4 members (excludes halogenated alkanes) is 1. The normalized spacial score (nSPS) is 14.1. The van der Waals surface area contributed by atoms with Crippen molar-refractivity contribution in [2.45, 2.75) is 60.8 Å². The number of ether oxygens (including phenoxy) is 1. The van der Waals surface area contributed by atoms with Gasteiger partial charge in [-0.25, -0.2) is 9.59 Å². The molecule has 0 bridgehead atoms. The first kappa shape index (κ1) is 19.7. The zero-order valence-corrected chi connectivity index (χ0v) is 14.2. The molecular formula is C17H30O4. The molecule has 0 fully saturated rings. The lowest BCUT2D eigenvalue weighted by atomic mass is 9.90. The molecule has 4 nitrogen and oxygen atoms in total. The van der Waals surface area contributed by atoms with E-state index in [2.05, 4.69) is 6.92 Å². The van der Waals surface area contributed by atoms with Gasteiger partial charge in [0, 0.05) is 0 Å². The summed E-state index contributed by atoms with van der Waals surface area (Å²) < 4.78 is 5.35. The van der Waals surface area contributed by atoms with Crippen LogP contribution in [0.3, 0.4) is 0 Å². The topological polar surface area (TPSA) is 63.6 Å². The van der Waals surface area contributed by atoms with Crippen LogP contribution in [0.15, 0.2) is 11.1 Å². The highest BCUT2D eigenvalue weighted by Gasteiger charge is 2.26. The van der Waals surface area contributed by atoms with Gasteiger partial charge < -0.3 is 9.84 Å². The Morgan fingerprint density at radius 3 is 1.90 bits per heavy atom. The number of carboxylic acid groups (broad SMARTS) is 1. The van der Waals surface area contributed by atoms with Crippen LogP contribution >= 0.6 is 0 Å². The third kappa shape index (κ3) is 6.78. The maximum absolute atomic E-state index is 12.3. The van der Waals surface area contributed by atoms with Gasteiger partial charge in [0.25, 0.3) is 0 Å². The molecule has 1 atom stereocenters. The molecule has 0 spiro atoms. The Morgan fingerprint density at radius 1 is 1.00 bits per heavy atom. The van der Waals surface area contributed by atoms with E-state index in [1.807, 2.05) is 20.8 Å². The van der Waals surface area contributed by atoms with Crippen molar-refractivity contribution in [2.75, 3.05) is 6.61 Å². The minimum absolute atomic E-state index is 0.163. The van der Waals surface area contributed by atoms with Gasteiger partial charge >= 0.3 is 11.9 Å². The van der Waals surface area contributed by atoms with Crippen LogP contribution in [-0.2, 0) is 14.3 Å². The van der Waals surface area contributed by atoms with Crippen LogP contribution in [0.2, 0.25) is 0 Å². The number of carboxylic acids is 1. The predicted octanol–water partition coefficient (Wildman–Crippen LogP) is 4.05. The largest absolute Gasteiger partial charge is 0.478 e. The Labute approximate surface area is 128 Å². The number of esters is 1. The average molecular weight is 298 g/mol. The van der Waals surface area contributed by atoms with Crippen LogP contribution < -0.4 is 0 Å². The van der Waals surface area contributed by atoms with Crippen LogP contribution in [0.4, 0.5) is 0 Å². The molecule has 0 aliphatic rings. The maximum Gasteiger partial charge on any atom is 0.334 e. The standard InChI is InChI=1S/C17H30O4/c1-7-8-9-13(6)10-21-17(20)15(12(4)5)14(11(2)3)16(18)19/h11-13H,7-10H2,1-6H3,(H,18,19)/b15-14-. The number of hydrogen-bond acceptors (Lipinski definition) is 3. The molecule has 0 saturated carbocycles. The molecule has 0 aromatic carbocycles. The Balaban J connectivity index is 5.01. The van der Waals surface area contributed by atoms with Crippen molar-refractivity contribution in [3.63, 3.8) is 0 Å². The van der Waals surface area contributed by atoms with E-state index >= 15 is 0 Å². The predicted molar refractivity (Wildman–Crippen MR) is 84.0 cm³/mol. The highest BCUT2D eigenvalue weighted by molar-refractivity contribution is 6.00. The van der Waals surface area contributed by atoms with Crippen molar-refractivity contribution in [1.29, 1.82) is 0 Å². The maximum atomic E-state index is 12.3. The third-order valence-electron chi connectivity index (χ3n) is 3.44. The molecule has 0 radical (unpaired) electrons. The van der Waals surface area contributed by atoms with Crippen LogP contribution in [0.1, 0.15) is 60.8 Å². The molecule has 1 N–H and O–H groups in total. The summed E-state index contributed by atoms with van der Waals surface area (Å²) in [6, 6.07) is 0. The first-order chi connectivity index (χ1) is 9.72. The second-order valence-corrected chi connectivity index (χ2v) is 6.29. The summed E-state index contributed by atoms with van der Waals surface area (Å²) in [5.41, 5.74) is 0.455. The average Bonchev–Trinajstić information content (AvgIpc) is 2.38. The van der Waals surface area contributed by atoms with E-state index in [0.29, 0.717) is 18.1 Å². The van der Waals surface area contributed by atoms with E-state index in [4.69, 9.17) is 4.74 Å². The van der Waals surface area contributed by atoms with Gasteiger partial charge in [0.05, 0.1) is 17.8 Å². The molecule has 0 aromatic heterocycles. The van der Waals surface area contributed by atoms with E-state index in [9.17, 15) is 14.7 Å². The summed E-state index contributed by atoms with van der Waals surface area (Å²) in [5, 5.41) is 9.34. The molecule has 122 valence electrons. The van der Waals surface area contributed by atoms with Gasteiger partial charge in [-0.3, -0.25) is 0 Å². The van der Waals surface area contributed by atoms with Gasteiger partial charge in [-0.1, -0.05) is 54.4 Å². The SMILES string of the molecule is CCCCC(C)COC(=O)/C(=C(\C(=O)O)C(C)C)C(C)C. The molecular weight excluding hydrogens is 268 g/mol. The summed E-state index contributed by atoms with van der Waals surface area (Å²) in [6.45, 7) is 11.7. The number of carbonyl (C=O) groups is 2. The minimum Gasteiger partial charge on any atom is -0.478 e. The molecule has 0 amide bonds. The molecule has 21 heavy (non-hydrogen) atoms. The van der Waals surface area contributed by atoms with E-state index < -0.39 is 11.9 Å². The summed E-state index contributed by atoms with van der Waals surface area (Å²) in [4.78, 5) is 23.7. The number of rotatable bonds is 9. The van der Waals surface area contributed by atoms with E-state index in [0.717, 1.165) is 19.3 Å².